The minimum Gasteiger partial charge on any atom is -0.456 e. The summed E-state index contributed by atoms with van der Waals surface area (Å²) < 4.78 is 18.8. The molecule has 7 rings (SSSR count). The molecule has 3 aromatic carbocycles. The standard InChI is InChI=1S/C46H53NO10/c1-26-31(56-41(53)35(49)34(28-17-11-8-12-18-28)47-39(51)29-19-13-9-14-20-29)23-46(54)38(57-40(52)30-21-15-10-16-22-30)36-43(5)25-55-44(43,6)24-32(48)45(36,7)37(50)27(2)33(26)42(46,3)4/h8-22,27,31-32,34-36,38,48-49,54H,23-25H2,1-7H3,(H,47,51)/t27-,31+,32+,34-,35-,36-,38+,43+,44-,45-,46-/m1/s1. The first-order valence-corrected chi connectivity index (χ1v) is 19.7. The maximum Gasteiger partial charge on any atom is 0.338 e. The number of esters is 2. The van der Waals surface area contributed by atoms with Crippen molar-refractivity contribution in [1.82, 2.24) is 5.32 Å². The van der Waals surface area contributed by atoms with Gasteiger partial charge in [-0.05, 0) is 61.7 Å². The number of carbonyl (C=O) groups excluding carboxylic acids is 4. The summed E-state index contributed by atoms with van der Waals surface area (Å²) in [6, 6.07) is 24.1. The number of benzene rings is 3. The van der Waals surface area contributed by atoms with E-state index in [1.54, 1.807) is 126 Å². The largest absolute Gasteiger partial charge is 0.456 e. The SMILES string of the molecule is CC1=C2[C@@H](C)C(=O)[C@]3(C)[C@@H](O)C[C@@]4(C)OC[C@@]4(C)[C@H]3[C@H](OC(=O)c3ccccc3)[C@](O)(C[C@@H]1OC(=O)[C@H](O)[C@H](NC(=O)c1ccccc1)c1ccccc1)C2(C)C. The smallest absolute Gasteiger partial charge is 0.338 e. The summed E-state index contributed by atoms with van der Waals surface area (Å²) >= 11 is 0. The van der Waals surface area contributed by atoms with E-state index in [4.69, 9.17) is 14.2 Å². The molecule has 1 saturated heterocycles. The number of aliphatic hydroxyl groups excluding tert-OH is 2. The van der Waals surface area contributed by atoms with Crippen molar-refractivity contribution in [3.8, 4) is 0 Å². The van der Waals surface area contributed by atoms with Gasteiger partial charge in [0.1, 0.15) is 23.6 Å². The Morgan fingerprint density at radius 2 is 1.40 bits per heavy atom. The molecule has 57 heavy (non-hydrogen) atoms. The summed E-state index contributed by atoms with van der Waals surface area (Å²) in [6.45, 7) is 12.8. The van der Waals surface area contributed by atoms with Crippen molar-refractivity contribution >= 4 is 23.6 Å². The van der Waals surface area contributed by atoms with Crippen molar-refractivity contribution in [1.29, 1.82) is 0 Å². The van der Waals surface area contributed by atoms with E-state index in [9.17, 15) is 29.7 Å². The van der Waals surface area contributed by atoms with E-state index < -0.39 is 87.6 Å². The van der Waals surface area contributed by atoms with Crippen LogP contribution in [0.5, 0.6) is 0 Å². The van der Waals surface area contributed by atoms with Gasteiger partial charge < -0.3 is 34.8 Å². The zero-order valence-corrected chi connectivity index (χ0v) is 33.5. The van der Waals surface area contributed by atoms with Gasteiger partial charge in [0.2, 0.25) is 0 Å². The summed E-state index contributed by atoms with van der Waals surface area (Å²) in [6.07, 6.45) is -5.81. The zero-order chi connectivity index (χ0) is 41.3. The third-order valence-electron chi connectivity index (χ3n) is 14.3. The Kier molecular flexibility index (Phi) is 10.2. The van der Waals surface area contributed by atoms with Crippen LogP contribution in [0, 0.1) is 28.1 Å². The number of fused-ring (bicyclic) bond motifs is 5. The van der Waals surface area contributed by atoms with Gasteiger partial charge in [-0.25, -0.2) is 9.59 Å². The van der Waals surface area contributed by atoms with Crippen LogP contribution < -0.4 is 5.32 Å². The summed E-state index contributed by atoms with van der Waals surface area (Å²) in [5, 5.41) is 40.1. The first-order valence-electron chi connectivity index (χ1n) is 19.7. The number of aliphatic hydroxyl groups is 3. The van der Waals surface area contributed by atoms with Gasteiger partial charge in [0.25, 0.3) is 5.91 Å². The maximum absolute atomic E-state index is 15.2. The molecule has 0 spiro atoms. The number of ether oxygens (including phenoxy) is 3. The normalized spacial score (nSPS) is 35.2. The number of carbonyl (C=O) groups is 4. The highest BCUT2D eigenvalue weighted by molar-refractivity contribution is 5.95. The molecule has 4 aliphatic rings. The summed E-state index contributed by atoms with van der Waals surface area (Å²) in [5.74, 6) is -4.42. The molecule has 0 aromatic heterocycles. The molecule has 1 amide bonds. The molecule has 0 unspecified atom stereocenters. The monoisotopic (exact) mass is 779 g/mol. The number of Topliss-reactive ketones (excluding diaryl/α,β-unsaturated/α-hetero) is 1. The fourth-order valence-electron chi connectivity index (χ4n) is 10.7. The molecule has 3 aliphatic carbocycles. The summed E-state index contributed by atoms with van der Waals surface area (Å²) in [7, 11) is 0. The molecule has 2 bridgehead atoms. The van der Waals surface area contributed by atoms with Gasteiger partial charge in [-0.1, -0.05) is 94.4 Å². The van der Waals surface area contributed by atoms with E-state index in [-0.39, 0.29) is 30.8 Å². The third kappa shape index (κ3) is 6.16. The molecule has 11 nitrogen and oxygen atoms in total. The number of rotatable bonds is 8. The zero-order valence-electron chi connectivity index (χ0n) is 33.5. The van der Waals surface area contributed by atoms with E-state index in [0.29, 0.717) is 22.3 Å². The fraction of sp³-hybridized carbons (Fsp3) is 0.478. The van der Waals surface area contributed by atoms with Crippen molar-refractivity contribution in [2.45, 2.75) is 103 Å². The van der Waals surface area contributed by atoms with Crippen molar-refractivity contribution in [2.75, 3.05) is 6.61 Å². The predicted molar refractivity (Wildman–Crippen MR) is 210 cm³/mol. The molecule has 4 N–H and O–H groups in total. The molecule has 0 radical (unpaired) electrons. The van der Waals surface area contributed by atoms with Gasteiger partial charge in [0.15, 0.2) is 6.10 Å². The van der Waals surface area contributed by atoms with Crippen LogP contribution in [0.2, 0.25) is 0 Å². The van der Waals surface area contributed by atoms with Crippen molar-refractivity contribution in [2.24, 2.45) is 28.1 Å². The number of hydrogen-bond donors (Lipinski definition) is 4. The Bertz CT molecular complexity index is 2090. The first-order chi connectivity index (χ1) is 26.8. The summed E-state index contributed by atoms with van der Waals surface area (Å²) in [4.78, 5) is 56.9. The highest BCUT2D eigenvalue weighted by Gasteiger charge is 2.77. The van der Waals surface area contributed by atoms with E-state index in [1.807, 2.05) is 13.8 Å². The van der Waals surface area contributed by atoms with Gasteiger partial charge in [-0.15, -0.1) is 0 Å². The van der Waals surface area contributed by atoms with E-state index in [0.717, 1.165) is 0 Å². The molecule has 2 saturated carbocycles. The highest BCUT2D eigenvalue weighted by Crippen LogP contribution is 2.69. The van der Waals surface area contributed by atoms with E-state index in [1.165, 1.54) is 0 Å². The predicted octanol–water partition coefficient (Wildman–Crippen LogP) is 5.53. The highest BCUT2D eigenvalue weighted by atomic mass is 16.6. The average molecular weight is 780 g/mol. The Morgan fingerprint density at radius 3 is 1.96 bits per heavy atom. The Morgan fingerprint density at radius 1 is 0.842 bits per heavy atom. The van der Waals surface area contributed by atoms with Gasteiger partial charge in [-0.3, -0.25) is 9.59 Å². The quantitative estimate of drug-likeness (QED) is 0.169. The Balaban J connectivity index is 1.33. The van der Waals surface area contributed by atoms with Gasteiger partial charge in [-0.2, -0.15) is 0 Å². The van der Waals surface area contributed by atoms with Gasteiger partial charge >= 0.3 is 11.9 Å². The van der Waals surface area contributed by atoms with Gasteiger partial charge in [0.05, 0.1) is 35.3 Å². The van der Waals surface area contributed by atoms with Crippen LogP contribution in [-0.2, 0) is 23.8 Å². The molecule has 1 heterocycles. The third-order valence-corrected chi connectivity index (χ3v) is 14.3. The molecule has 3 aromatic rings. The van der Waals surface area contributed by atoms with Crippen LogP contribution in [-0.4, -0.2) is 81.2 Å². The number of amides is 1. The Labute approximate surface area is 333 Å². The molecular weight excluding hydrogens is 727 g/mol. The molecular formula is C46H53NO10. The van der Waals surface area contributed by atoms with Crippen LogP contribution in [0.15, 0.2) is 102 Å². The van der Waals surface area contributed by atoms with Crippen LogP contribution >= 0.6 is 0 Å². The first kappa shape index (κ1) is 40.5. The molecule has 11 heteroatoms. The van der Waals surface area contributed by atoms with E-state index in [2.05, 4.69) is 5.32 Å². The maximum atomic E-state index is 15.2. The van der Waals surface area contributed by atoms with Gasteiger partial charge in [0, 0.05) is 41.1 Å². The molecule has 11 atom stereocenters. The van der Waals surface area contributed by atoms with E-state index >= 15 is 4.79 Å². The second-order valence-electron chi connectivity index (χ2n) is 17.6. The number of ketones is 1. The number of hydrogen-bond acceptors (Lipinski definition) is 10. The van der Waals surface area contributed by atoms with Crippen molar-refractivity contribution < 1.29 is 48.7 Å². The minimum absolute atomic E-state index is 0.162. The van der Waals surface area contributed by atoms with Crippen LogP contribution in [0.1, 0.15) is 93.6 Å². The van der Waals surface area contributed by atoms with Crippen molar-refractivity contribution in [3.63, 3.8) is 0 Å². The molecule has 302 valence electrons. The Hall–Kier alpha value is -4.68. The van der Waals surface area contributed by atoms with Crippen LogP contribution in [0.25, 0.3) is 0 Å². The lowest BCUT2D eigenvalue weighted by molar-refractivity contribution is -0.353. The van der Waals surface area contributed by atoms with Crippen LogP contribution in [0.4, 0.5) is 0 Å². The number of nitrogens with one attached hydrogen (secondary N) is 1. The minimum atomic E-state index is -2.00. The fourth-order valence-corrected chi connectivity index (χ4v) is 10.7. The lowest BCUT2D eigenvalue weighted by atomic mass is 9.39. The van der Waals surface area contributed by atoms with Crippen molar-refractivity contribution in [3.05, 3.63) is 119 Å². The lowest BCUT2D eigenvalue weighted by Crippen LogP contribution is -2.80. The lowest BCUT2D eigenvalue weighted by Gasteiger charge is -2.71. The topological polar surface area (TPSA) is 169 Å². The average Bonchev–Trinajstić information content (AvgIpc) is 3.20. The summed E-state index contributed by atoms with van der Waals surface area (Å²) in [5.41, 5.74) is -4.49. The molecule has 3 fully saturated rings. The van der Waals surface area contributed by atoms with Crippen LogP contribution in [0.3, 0.4) is 0 Å². The second kappa shape index (κ2) is 14.3. The second-order valence-corrected chi connectivity index (χ2v) is 17.6. The molecule has 1 aliphatic heterocycles.